The zero-order valence-corrected chi connectivity index (χ0v) is 14.1. The van der Waals surface area contributed by atoms with Crippen molar-refractivity contribution < 1.29 is 17.5 Å². The first-order valence-corrected chi connectivity index (χ1v) is 9.41. The molecule has 0 radical (unpaired) electrons. The molecule has 6 heteroatoms. The van der Waals surface area contributed by atoms with Gasteiger partial charge < -0.3 is 4.74 Å². The predicted octanol–water partition coefficient (Wildman–Crippen LogP) is 2.85. The molecule has 0 spiro atoms. The number of hydrogen-bond acceptors (Lipinski definition) is 3. The molecule has 1 saturated heterocycles. The van der Waals surface area contributed by atoms with Gasteiger partial charge in [-0.2, -0.15) is 4.31 Å². The van der Waals surface area contributed by atoms with Crippen molar-refractivity contribution in [2.24, 2.45) is 0 Å². The fourth-order valence-corrected chi connectivity index (χ4v) is 4.37. The van der Waals surface area contributed by atoms with Crippen LogP contribution in [0.2, 0.25) is 0 Å². The molecule has 1 aliphatic rings. The first-order chi connectivity index (χ1) is 11.6. The van der Waals surface area contributed by atoms with Gasteiger partial charge in [0.05, 0.1) is 12.7 Å². The Bertz CT molecular complexity index is 780. The van der Waals surface area contributed by atoms with Crippen LogP contribution in [0.1, 0.15) is 12.0 Å². The van der Waals surface area contributed by atoms with Gasteiger partial charge in [0.25, 0.3) is 0 Å². The Morgan fingerprint density at radius 3 is 2.54 bits per heavy atom. The van der Waals surface area contributed by atoms with Crippen LogP contribution in [0.4, 0.5) is 4.39 Å². The van der Waals surface area contributed by atoms with Crippen molar-refractivity contribution in [3.8, 4) is 0 Å². The lowest BCUT2D eigenvalue weighted by Gasteiger charge is -2.32. The van der Waals surface area contributed by atoms with Crippen molar-refractivity contribution >= 4 is 10.0 Å². The number of ether oxygens (including phenoxy) is 1. The lowest BCUT2D eigenvalue weighted by Crippen LogP contribution is -2.45. The molecule has 2 aromatic rings. The number of hydrogen-bond donors (Lipinski definition) is 0. The standard InChI is InChI=1S/C18H20FNO3S/c19-17-8-4-5-9-18(17)24(21,22)20-12-13-23-16(14-20)11-10-15-6-2-1-3-7-15/h1-9,16H,10-14H2. The molecular weight excluding hydrogens is 329 g/mol. The predicted molar refractivity (Wildman–Crippen MR) is 89.7 cm³/mol. The Morgan fingerprint density at radius 2 is 1.79 bits per heavy atom. The Labute approximate surface area is 141 Å². The highest BCUT2D eigenvalue weighted by Gasteiger charge is 2.32. The number of morpholine rings is 1. The van der Waals surface area contributed by atoms with Crippen LogP contribution in [0.3, 0.4) is 0 Å². The summed E-state index contributed by atoms with van der Waals surface area (Å²) in [4.78, 5) is -0.270. The highest BCUT2D eigenvalue weighted by molar-refractivity contribution is 7.89. The topological polar surface area (TPSA) is 46.6 Å². The van der Waals surface area contributed by atoms with Crippen molar-refractivity contribution in [1.82, 2.24) is 4.31 Å². The molecular formula is C18H20FNO3S. The van der Waals surface area contributed by atoms with Crippen molar-refractivity contribution in [2.45, 2.75) is 23.8 Å². The summed E-state index contributed by atoms with van der Waals surface area (Å²) in [6.45, 7) is 0.829. The summed E-state index contributed by atoms with van der Waals surface area (Å²) in [7, 11) is -3.83. The summed E-state index contributed by atoms with van der Waals surface area (Å²) in [6.07, 6.45) is 1.37. The van der Waals surface area contributed by atoms with Gasteiger partial charge in [-0.25, -0.2) is 12.8 Å². The van der Waals surface area contributed by atoms with Gasteiger partial charge in [-0.15, -0.1) is 0 Å². The van der Waals surface area contributed by atoms with E-state index in [1.807, 2.05) is 30.3 Å². The molecule has 0 amide bonds. The second-order valence-electron chi connectivity index (χ2n) is 5.81. The largest absolute Gasteiger partial charge is 0.375 e. The highest BCUT2D eigenvalue weighted by atomic mass is 32.2. The Kier molecular flexibility index (Phi) is 5.28. The van der Waals surface area contributed by atoms with E-state index in [-0.39, 0.29) is 24.1 Å². The van der Waals surface area contributed by atoms with E-state index in [1.165, 1.54) is 34.1 Å². The van der Waals surface area contributed by atoms with E-state index in [0.717, 1.165) is 12.8 Å². The Balaban J connectivity index is 1.68. The third-order valence-electron chi connectivity index (χ3n) is 4.15. The van der Waals surface area contributed by atoms with E-state index in [9.17, 15) is 12.8 Å². The second-order valence-corrected chi connectivity index (χ2v) is 7.72. The zero-order valence-electron chi connectivity index (χ0n) is 13.3. The first kappa shape index (κ1) is 17.1. The van der Waals surface area contributed by atoms with E-state index in [2.05, 4.69) is 0 Å². The number of rotatable bonds is 5. The molecule has 1 aliphatic heterocycles. The Morgan fingerprint density at radius 1 is 1.08 bits per heavy atom. The average molecular weight is 349 g/mol. The first-order valence-electron chi connectivity index (χ1n) is 7.97. The van der Waals surface area contributed by atoms with Crippen molar-refractivity contribution in [3.63, 3.8) is 0 Å². The molecule has 0 N–H and O–H groups in total. The van der Waals surface area contributed by atoms with Gasteiger partial charge in [-0.05, 0) is 30.5 Å². The van der Waals surface area contributed by atoms with Crippen LogP contribution in [0.25, 0.3) is 0 Å². The van der Waals surface area contributed by atoms with Crippen LogP contribution in [-0.2, 0) is 21.2 Å². The number of nitrogens with zero attached hydrogens (tertiary/aromatic N) is 1. The Hall–Kier alpha value is -1.76. The summed E-state index contributed by atoms with van der Waals surface area (Å²) >= 11 is 0. The van der Waals surface area contributed by atoms with Crippen LogP contribution in [-0.4, -0.2) is 38.5 Å². The minimum Gasteiger partial charge on any atom is -0.375 e. The molecule has 2 aromatic carbocycles. The van der Waals surface area contributed by atoms with E-state index >= 15 is 0 Å². The van der Waals surface area contributed by atoms with Gasteiger partial charge in [0, 0.05) is 13.1 Å². The summed E-state index contributed by atoms with van der Waals surface area (Å²) in [5.41, 5.74) is 1.19. The van der Waals surface area contributed by atoms with Crippen molar-refractivity contribution in [2.75, 3.05) is 19.7 Å². The van der Waals surface area contributed by atoms with Gasteiger partial charge in [0.2, 0.25) is 10.0 Å². The summed E-state index contributed by atoms with van der Waals surface area (Å²) < 4.78 is 46.2. The van der Waals surface area contributed by atoms with Gasteiger partial charge in [0.15, 0.2) is 0 Å². The molecule has 0 aliphatic carbocycles. The number of benzene rings is 2. The zero-order chi connectivity index (χ0) is 17.0. The van der Waals surface area contributed by atoms with Crippen LogP contribution >= 0.6 is 0 Å². The minimum absolute atomic E-state index is 0.180. The van der Waals surface area contributed by atoms with Crippen LogP contribution in [0.5, 0.6) is 0 Å². The highest BCUT2D eigenvalue weighted by Crippen LogP contribution is 2.22. The molecule has 3 rings (SSSR count). The molecule has 1 unspecified atom stereocenters. The van der Waals surface area contributed by atoms with Crippen molar-refractivity contribution in [3.05, 3.63) is 66.0 Å². The molecule has 0 bridgehead atoms. The maximum absolute atomic E-state index is 13.9. The van der Waals surface area contributed by atoms with Gasteiger partial charge in [-0.1, -0.05) is 42.5 Å². The van der Waals surface area contributed by atoms with Crippen molar-refractivity contribution in [1.29, 1.82) is 0 Å². The molecule has 1 atom stereocenters. The fourth-order valence-electron chi connectivity index (χ4n) is 2.85. The molecule has 1 heterocycles. The second kappa shape index (κ2) is 7.42. The number of sulfonamides is 1. The lowest BCUT2D eigenvalue weighted by atomic mass is 10.1. The maximum atomic E-state index is 13.9. The summed E-state index contributed by atoms with van der Waals surface area (Å²) in [5.74, 6) is -0.718. The fraction of sp³-hybridized carbons (Fsp3) is 0.333. The number of aryl methyl sites for hydroxylation is 1. The van der Waals surface area contributed by atoms with E-state index in [0.29, 0.717) is 6.61 Å². The summed E-state index contributed by atoms with van der Waals surface area (Å²) in [6, 6.07) is 15.5. The summed E-state index contributed by atoms with van der Waals surface area (Å²) in [5, 5.41) is 0. The lowest BCUT2D eigenvalue weighted by molar-refractivity contribution is -0.00531. The van der Waals surface area contributed by atoms with Crippen LogP contribution in [0, 0.1) is 5.82 Å². The van der Waals surface area contributed by atoms with E-state index in [1.54, 1.807) is 0 Å². The number of halogens is 1. The van der Waals surface area contributed by atoms with Crippen LogP contribution in [0.15, 0.2) is 59.5 Å². The molecule has 4 nitrogen and oxygen atoms in total. The molecule has 24 heavy (non-hydrogen) atoms. The van der Waals surface area contributed by atoms with Gasteiger partial charge in [-0.3, -0.25) is 0 Å². The van der Waals surface area contributed by atoms with Gasteiger partial charge >= 0.3 is 0 Å². The maximum Gasteiger partial charge on any atom is 0.246 e. The van der Waals surface area contributed by atoms with Gasteiger partial charge in [0.1, 0.15) is 10.7 Å². The minimum atomic E-state index is -3.83. The third kappa shape index (κ3) is 3.83. The normalized spacial score (nSPS) is 19.3. The third-order valence-corrected chi connectivity index (χ3v) is 6.05. The smallest absolute Gasteiger partial charge is 0.246 e. The SMILES string of the molecule is O=S(=O)(c1ccccc1F)N1CCOC(CCc2ccccc2)C1. The van der Waals surface area contributed by atoms with E-state index < -0.39 is 15.8 Å². The van der Waals surface area contributed by atoms with Crippen LogP contribution < -0.4 is 0 Å². The average Bonchev–Trinajstić information content (AvgIpc) is 2.61. The monoisotopic (exact) mass is 349 g/mol. The molecule has 1 fully saturated rings. The molecule has 0 saturated carbocycles. The quantitative estimate of drug-likeness (QED) is 0.834. The molecule has 128 valence electrons. The van der Waals surface area contributed by atoms with E-state index in [4.69, 9.17) is 4.74 Å². The molecule has 0 aromatic heterocycles.